The Labute approximate surface area is 126 Å². The third kappa shape index (κ3) is 5.57. The molecule has 0 N–H and O–H groups in total. The molecule has 0 bridgehead atoms. The maximum absolute atomic E-state index is 12.0. The van der Waals surface area contributed by atoms with Crippen molar-refractivity contribution in [3.63, 3.8) is 0 Å². The first-order valence-corrected chi connectivity index (χ1v) is 7.54. The summed E-state index contributed by atoms with van der Waals surface area (Å²) in [6.07, 6.45) is 1.68. The van der Waals surface area contributed by atoms with Gasteiger partial charge in [-0.3, -0.25) is 4.79 Å². The zero-order valence-corrected chi connectivity index (χ0v) is 13.6. The first-order valence-electron chi connectivity index (χ1n) is 7.01. The Kier molecular flexibility index (Phi) is 6.11. The molecule has 0 radical (unpaired) electrons. The Morgan fingerprint density at radius 3 is 2.60 bits per heavy atom. The van der Waals surface area contributed by atoms with Gasteiger partial charge in [0.25, 0.3) is 0 Å². The van der Waals surface area contributed by atoms with E-state index in [-0.39, 0.29) is 23.8 Å². The average Bonchev–Trinajstić information content (AvgIpc) is 2.36. The molecule has 2 amide bonds. The molecular formula is C14H25ClN2O3. The molecule has 0 saturated carbocycles. The van der Waals surface area contributed by atoms with Gasteiger partial charge in [-0.15, -0.1) is 11.6 Å². The van der Waals surface area contributed by atoms with E-state index in [4.69, 9.17) is 16.3 Å². The molecule has 0 unspecified atom stereocenters. The maximum Gasteiger partial charge on any atom is 0.410 e. The second kappa shape index (κ2) is 7.16. The molecule has 0 aromatic rings. The average molecular weight is 305 g/mol. The number of carbonyl (C=O) groups is 2. The van der Waals surface area contributed by atoms with Crippen molar-refractivity contribution in [1.82, 2.24) is 9.80 Å². The highest BCUT2D eigenvalue weighted by Crippen LogP contribution is 2.20. The van der Waals surface area contributed by atoms with Crippen LogP contribution in [0.25, 0.3) is 0 Å². The first kappa shape index (κ1) is 17.1. The lowest BCUT2D eigenvalue weighted by molar-refractivity contribution is -0.127. The second-order valence-electron chi connectivity index (χ2n) is 6.34. The van der Waals surface area contributed by atoms with Crippen LogP contribution in [0.5, 0.6) is 0 Å². The van der Waals surface area contributed by atoms with Crippen LogP contribution in [-0.4, -0.2) is 60.0 Å². The van der Waals surface area contributed by atoms with Crippen LogP contribution in [0.3, 0.4) is 0 Å². The number of alkyl halides is 1. The summed E-state index contributed by atoms with van der Waals surface area (Å²) in [7, 11) is 1.75. The van der Waals surface area contributed by atoms with Crippen molar-refractivity contribution < 1.29 is 14.3 Å². The summed E-state index contributed by atoms with van der Waals surface area (Å²) in [5, 5.41) is 0. The Balaban J connectivity index is 2.50. The summed E-state index contributed by atoms with van der Waals surface area (Å²) in [4.78, 5) is 26.9. The lowest BCUT2D eigenvalue weighted by atomic mass is 9.98. The van der Waals surface area contributed by atoms with Crippen LogP contribution < -0.4 is 0 Å². The molecule has 1 rings (SSSR count). The summed E-state index contributed by atoms with van der Waals surface area (Å²) in [5.74, 6) is 0.202. The molecule has 0 aromatic carbocycles. The molecule has 0 spiro atoms. The standard InChI is InChI=1S/C14H25ClN2O3/c1-14(2,3)20-13(19)17-7-5-6-11(10-17)9-16(4)12(18)8-15/h11H,5-10H2,1-4H3/t11-/m1/s1. The van der Waals surface area contributed by atoms with E-state index in [1.807, 2.05) is 20.8 Å². The molecule has 0 aliphatic carbocycles. The van der Waals surface area contributed by atoms with E-state index in [2.05, 4.69) is 0 Å². The fourth-order valence-electron chi connectivity index (χ4n) is 2.30. The third-order valence-electron chi connectivity index (χ3n) is 3.24. The summed E-state index contributed by atoms with van der Waals surface area (Å²) in [6.45, 7) is 7.57. The minimum atomic E-state index is -0.477. The molecule has 1 saturated heterocycles. The predicted octanol–water partition coefficient (Wildman–Crippen LogP) is 2.33. The fraction of sp³-hybridized carbons (Fsp3) is 0.857. The van der Waals surface area contributed by atoms with Crippen molar-refractivity contribution in [3.05, 3.63) is 0 Å². The van der Waals surface area contributed by atoms with Gasteiger partial charge >= 0.3 is 6.09 Å². The smallest absolute Gasteiger partial charge is 0.410 e. The van der Waals surface area contributed by atoms with E-state index in [1.54, 1.807) is 16.8 Å². The number of amides is 2. The molecular weight excluding hydrogens is 280 g/mol. The van der Waals surface area contributed by atoms with Crippen LogP contribution in [0.1, 0.15) is 33.6 Å². The first-order chi connectivity index (χ1) is 9.23. The maximum atomic E-state index is 12.0. The van der Waals surface area contributed by atoms with Crippen molar-refractivity contribution in [1.29, 1.82) is 0 Å². The van der Waals surface area contributed by atoms with Crippen molar-refractivity contribution in [2.75, 3.05) is 32.6 Å². The number of hydrogen-bond acceptors (Lipinski definition) is 3. The number of rotatable bonds is 3. The van der Waals surface area contributed by atoms with Crippen LogP contribution in [0.4, 0.5) is 4.79 Å². The zero-order chi connectivity index (χ0) is 15.3. The quantitative estimate of drug-likeness (QED) is 0.752. The Hall–Kier alpha value is -0.970. The molecule has 1 aliphatic rings. The summed E-state index contributed by atoms with van der Waals surface area (Å²) in [5.41, 5.74) is -0.477. The number of halogens is 1. The number of carbonyl (C=O) groups excluding carboxylic acids is 2. The SMILES string of the molecule is CN(C[C@H]1CCCN(C(=O)OC(C)(C)C)C1)C(=O)CCl. The third-order valence-corrected chi connectivity index (χ3v) is 3.47. The minimum absolute atomic E-state index is 0.000992. The molecule has 20 heavy (non-hydrogen) atoms. The number of piperidine rings is 1. The molecule has 0 aromatic heterocycles. The van der Waals surface area contributed by atoms with Gasteiger partial charge in [-0.05, 0) is 39.5 Å². The lowest BCUT2D eigenvalue weighted by Crippen LogP contribution is -2.46. The van der Waals surface area contributed by atoms with Gasteiger partial charge in [0.05, 0.1) is 0 Å². The lowest BCUT2D eigenvalue weighted by Gasteiger charge is -2.35. The fourth-order valence-corrected chi connectivity index (χ4v) is 2.50. The van der Waals surface area contributed by atoms with Gasteiger partial charge in [0, 0.05) is 26.7 Å². The van der Waals surface area contributed by atoms with E-state index < -0.39 is 5.60 Å². The molecule has 5 nitrogen and oxygen atoms in total. The number of hydrogen-bond donors (Lipinski definition) is 0. The Morgan fingerprint density at radius 2 is 2.05 bits per heavy atom. The van der Waals surface area contributed by atoms with Crippen molar-refractivity contribution >= 4 is 23.6 Å². The Bertz CT molecular complexity index is 355. The van der Waals surface area contributed by atoms with Crippen molar-refractivity contribution in [3.8, 4) is 0 Å². The van der Waals surface area contributed by atoms with E-state index in [0.29, 0.717) is 13.1 Å². The van der Waals surface area contributed by atoms with Gasteiger partial charge < -0.3 is 14.5 Å². The highest BCUT2D eigenvalue weighted by molar-refractivity contribution is 6.27. The van der Waals surface area contributed by atoms with Gasteiger partial charge in [-0.25, -0.2) is 4.79 Å². The molecule has 1 atom stereocenters. The largest absolute Gasteiger partial charge is 0.444 e. The van der Waals surface area contributed by atoms with Crippen LogP contribution in [0.2, 0.25) is 0 Å². The number of likely N-dealkylation sites (tertiary alicyclic amines) is 1. The molecule has 1 aliphatic heterocycles. The highest BCUT2D eigenvalue weighted by Gasteiger charge is 2.28. The normalized spacial score (nSPS) is 19.6. The van der Waals surface area contributed by atoms with Crippen LogP contribution >= 0.6 is 11.6 Å². The van der Waals surface area contributed by atoms with Crippen molar-refractivity contribution in [2.45, 2.75) is 39.2 Å². The van der Waals surface area contributed by atoms with Gasteiger partial charge in [0.1, 0.15) is 11.5 Å². The van der Waals surface area contributed by atoms with Gasteiger partial charge in [0.15, 0.2) is 0 Å². The van der Waals surface area contributed by atoms with E-state index in [9.17, 15) is 9.59 Å². The van der Waals surface area contributed by atoms with Crippen LogP contribution in [0.15, 0.2) is 0 Å². The second-order valence-corrected chi connectivity index (χ2v) is 6.61. The summed E-state index contributed by atoms with van der Waals surface area (Å²) < 4.78 is 5.38. The number of ether oxygens (including phenoxy) is 1. The topological polar surface area (TPSA) is 49.9 Å². The van der Waals surface area contributed by atoms with Crippen LogP contribution in [-0.2, 0) is 9.53 Å². The summed E-state index contributed by atoms with van der Waals surface area (Å²) in [6, 6.07) is 0. The molecule has 116 valence electrons. The number of nitrogens with zero attached hydrogens (tertiary/aromatic N) is 2. The van der Waals surface area contributed by atoms with Crippen LogP contribution in [0, 0.1) is 5.92 Å². The van der Waals surface area contributed by atoms with E-state index in [0.717, 1.165) is 19.4 Å². The van der Waals surface area contributed by atoms with E-state index >= 15 is 0 Å². The van der Waals surface area contributed by atoms with Gasteiger partial charge in [-0.1, -0.05) is 0 Å². The van der Waals surface area contributed by atoms with Gasteiger partial charge in [-0.2, -0.15) is 0 Å². The summed E-state index contributed by atoms with van der Waals surface area (Å²) >= 11 is 5.54. The monoisotopic (exact) mass is 304 g/mol. The van der Waals surface area contributed by atoms with Gasteiger partial charge in [0.2, 0.25) is 5.91 Å². The Morgan fingerprint density at radius 1 is 1.40 bits per heavy atom. The van der Waals surface area contributed by atoms with Crippen molar-refractivity contribution in [2.24, 2.45) is 5.92 Å². The molecule has 1 heterocycles. The molecule has 1 fully saturated rings. The highest BCUT2D eigenvalue weighted by atomic mass is 35.5. The van der Waals surface area contributed by atoms with E-state index in [1.165, 1.54) is 0 Å². The minimum Gasteiger partial charge on any atom is -0.444 e. The predicted molar refractivity (Wildman–Crippen MR) is 78.9 cm³/mol. The zero-order valence-electron chi connectivity index (χ0n) is 12.8. The molecule has 6 heteroatoms.